The number of fused-ring (bicyclic) bond motifs is 1. The number of H-pyrrole nitrogens is 1. The number of ketones is 1. The van der Waals surface area contributed by atoms with E-state index >= 15 is 0 Å². The molecule has 2 aromatic carbocycles. The summed E-state index contributed by atoms with van der Waals surface area (Å²) in [5, 5.41) is 2.93. The van der Waals surface area contributed by atoms with Crippen LogP contribution in [-0.4, -0.2) is 51.1 Å². The van der Waals surface area contributed by atoms with Crippen LogP contribution in [0.4, 0.5) is 4.39 Å². The van der Waals surface area contributed by atoms with Gasteiger partial charge in [-0.15, -0.1) is 0 Å². The highest BCUT2D eigenvalue weighted by Gasteiger charge is 2.45. The van der Waals surface area contributed by atoms with Gasteiger partial charge in [-0.1, -0.05) is 43.3 Å². The van der Waals surface area contributed by atoms with Gasteiger partial charge in [-0.05, 0) is 56.2 Å². The Bertz CT molecular complexity index is 1320. The zero-order chi connectivity index (χ0) is 26.8. The predicted octanol–water partition coefficient (Wildman–Crippen LogP) is 4.84. The summed E-state index contributed by atoms with van der Waals surface area (Å²) in [6.07, 6.45) is 3.72. The minimum absolute atomic E-state index is 0.0564. The molecule has 5 atom stereocenters. The van der Waals surface area contributed by atoms with E-state index in [0.717, 1.165) is 31.2 Å². The van der Waals surface area contributed by atoms with E-state index in [9.17, 15) is 18.8 Å². The van der Waals surface area contributed by atoms with Gasteiger partial charge in [-0.2, -0.15) is 0 Å². The van der Waals surface area contributed by atoms with Crippen molar-refractivity contribution in [3.05, 3.63) is 65.7 Å². The second kappa shape index (κ2) is 11.1. The monoisotopic (exact) mass is 518 g/mol. The van der Waals surface area contributed by atoms with Crippen LogP contribution in [0.2, 0.25) is 0 Å². The highest BCUT2D eigenvalue weighted by molar-refractivity contribution is 5.95. The van der Waals surface area contributed by atoms with Crippen molar-refractivity contribution in [2.75, 3.05) is 6.54 Å². The van der Waals surface area contributed by atoms with E-state index in [1.165, 1.54) is 6.07 Å². The zero-order valence-electron chi connectivity index (χ0n) is 22.0. The topological polar surface area (TPSA) is 95.2 Å². The van der Waals surface area contributed by atoms with Crippen LogP contribution >= 0.6 is 0 Å². The van der Waals surface area contributed by atoms with Crippen molar-refractivity contribution >= 4 is 28.6 Å². The van der Waals surface area contributed by atoms with Gasteiger partial charge in [-0.3, -0.25) is 14.4 Å². The summed E-state index contributed by atoms with van der Waals surface area (Å²) in [5.41, 5.74) is 1.92. The van der Waals surface area contributed by atoms with E-state index in [1.807, 2.05) is 49.1 Å². The Morgan fingerprint density at radius 3 is 2.63 bits per heavy atom. The maximum atomic E-state index is 14.1. The number of carbonyl (C=O) groups excluding carboxylic acids is 3. The van der Waals surface area contributed by atoms with Crippen LogP contribution in [0.1, 0.15) is 75.6 Å². The molecule has 8 heteroatoms. The van der Waals surface area contributed by atoms with Gasteiger partial charge in [0.15, 0.2) is 11.6 Å². The molecule has 0 bridgehead atoms. The van der Waals surface area contributed by atoms with Gasteiger partial charge in [0.1, 0.15) is 11.3 Å². The number of halogens is 1. The minimum atomic E-state index is -0.912. The number of rotatable bonds is 9. The summed E-state index contributed by atoms with van der Waals surface area (Å²) in [7, 11) is 0. The van der Waals surface area contributed by atoms with Crippen molar-refractivity contribution in [2.24, 2.45) is 5.92 Å². The number of carbonyl (C=O) groups is 3. The van der Waals surface area contributed by atoms with Crippen LogP contribution in [0.3, 0.4) is 0 Å². The van der Waals surface area contributed by atoms with Crippen molar-refractivity contribution < 1.29 is 18.8 Å². The third-order valence-electron chi connectivity index (χ3n) is 8.02. The van der Waals surface area contributed by atoms with Gasteiger partial charge in [0.25, 0.3) is 0 Å². The average Bonchev–Trinajstić information content (AvgIpc) is 3.59. The first-order chi connectivity index (χ1) is 18.3. The molecule has 5 rings (SSSR count). The number of hydrogen-bond acceptors (Lipinski definition) is 4. The number of benzene rings is 2. The zero-order valence-corrected chi connectivity index (χ0v) is 22.0. The van der Waals surface area contributed by atoms with Crippen LogP contribution in [0.15, 0.2) is 48.5 Å². The Morgan fingerprint density at radius 1 is 1.11 bits per heavy atom. The lowest BCUT2D eigenvalue weighted by Gasteiger charge is -2.34. The van der Waals surface area contributed by atoms with E-state index < -0.39 is 11.9 Å². The molecule has 1 saturated carbocycles. The van der Waals surface area contributed by atoms with Gasteiger partial charge in [0, 0.05) is 30.8 Å². The fraction of sp³-hybridized carbons (Fsp3) is 0.467. The van der Waals surface area contributed by atoms with E-state index in [2.05, 4.69) is 15.3 Å². The lowest BCUT2D eigenvalue weighted by molar-refractivity contribution is -0.138. The minimum Gasteiger partial charge on any atom is -0.346 e. The molecule has 2 amide bonds. The fourth-order valence-electron chi connectivity index (χ4n) is 5.63. The molecule has 200 valence electrons. The van der Waals surface area contributed by atoms with Crippen molar-refractivity contribution in [3.63, 3.8) is 0 Å². The summed E-state index contributed by atoms with van der Waals surface area (Å²) >= 11 is 0. The Hall–Kier alpha value is -3.55. The number of nitrogens with one attached hydrogen (secondary N) is 2. The Balaban J connectivity index is 1.29. The Labute approximate surface area is 222 Å². The molecule has 0 unspecified atom stereocenters. The van der Waals surface area contributed by atoms with Crippen molar-refractivity contribution in [1.82, 2.24) is 20.2 Å². The number of amides is 2. The molecule has 2 fully saturated rings. The van der Waals surface area contributed by atoms with E-state index in [4.69, 9.17) is 0 Å². The predicted molar refractivity (Wildman–Crippen MR) is 143 cm³/mol. The number of hydrogen-bond donors (Lipinski definition) is 2. The largest absolute Gasteiger partial charge is 0.346 e. The van der Waals surface area contributed by atoms with Crippen molar-refractivity contribution in [1.29, 1.82) is 0 Å². The number of aromatic amines is 1. The number of piperidine rings is 1. The summed E-state index contributed by atoms with van der Waals surface area (Å²) < 4.78 is 14.1. The molecule has 2 aliphatic rings. The first-order valence-electron chi connectivity index (χ1n) is 13.6. The number of nitrogens with zero attached hydrogens (tertiary/aromatic N) is 2. The van der Waals surface area contributed by atoms with Gasteiger partial charge < -0.3 is 15.2 Å². The molecule has 3 aromatic rings. The first kappa shape index (κ1) is 26.1. The lowest BCUT2D eigenvalue weighted by Crippen LogP contribution is -2.48. The van der Waals surface area contributed by atoms with E-state index in [0.29, 0.717) is 17.9 Å². The summed E-state index contributed by atoms with van der Waals surface area (Å²) in [6, 6.07) is 13.8. The van der Waals surface area contributed by atoms with E-state index in [-0.39, 0.29) is 59.8 Å². The maximum absolute atomic E-state index is 14.1. The number of aromatic nitrogens is 2. The third kappa shape index (κ3) is 5.64. The van der Waals surface area contributed by atoms with Crippen molar-refractivity contribution in [3.8, 4) is 0 Å². The SMILES string of the molecule is C[C@H](CC(=O)[C@H](CC(=O)N1CCCC[C@@H]1C)NC(=O)[C@@H]1C[C@H]1c1ccccc1)c1nc2c(F)cccc2[nH]1. The Morgan fingerprint density at radius 2 is 1.89 bits per heavy atom. The molecule has 2 N–H and O–H groups in total. The normalized spacial score (nSPS) is 22.6. The Kier molecular flexibility index (Phi) is 7.58. The van der Waals surface area contributed by atoms with Crippen LogP contribution < -0.4 is 5.32 Å². The molecule has 1 aromatic heterocycles. The molecule has 7 nitrogen and oxygen atoms in total. The molecular formula is C30H35FN4O3. The summed E-state index contributed by atoms with van der Waals surface area (Å²) in [5.74, 6) is -0.836. The van der Waals surface area contributed by atoms with Gasteiger partial charge in [0.2, 0.25) is 11.8 Å². The fourth-order valence-corrected chi connectivity index (χ4v) is 5.63. The van der Waals surface area contributed by atoms with Crippen LogP contribution in [0, 0.1) is 11.7 Å². The molecular weight excluding hydrogens is 483 g/mol. The third-order valence-corrected chi connectivity index (χ3v) is 8.02. The summed E-state index contributed by atoms with van der Waals surface area (Å²) in [4.78, 5) is 49.3. The molecule has 1 saturated heterocycles. The smallest absolute Gasteiger partial charge is 0.225 e. The molecule has 38 heavy (non-hydrogen) atoms. The number of para-hydroxylation sites is 1. The van der Waals surface area contributed by atoms with Crippen LogP contribution in [0.25, 0.3) is 11.0 Å². The van der Waals surface area contributed by atoms with Gasteiger partial charge in [-0.25, -0.2) is 9.37 Å². The highest BCUT2D eigenvalue weighted by atomic mass is 19.1. The quantitative estimate of drug-likeness (QED) is 0.424. The van der Waals surface area contributed by atoms with Crippen LogP contribution in [0.5, 0.6) is 0 Å². The molecule has 2 heterocycles. The molecule has 0 radical (unpaired) electrons. The maximum Gasteiger partial charge on any atom is 0.225 e. The number of Topliss-reactive ketones (excluding diaryl/α,β-unsaturated/α-hetero) is 1. The first-order valence-corrected chi connectivity index (χ1v) is 13.6. The molecule has 0 spiro atoms. The van der Waals surface area contributed by atoms with Crippen molar-refractivity contribution in [2.45, 2.75) is 76.3 Å². The number of likely N-dealkylation sites (tertiary alicyclic amines) is 1. The highest BCUT2D eigenvalue weighted by Crippen LogP contribution is 2.47. The number of imidazole rings is 1. The second-order valence-electron chi connectivity index (χ2n) is 10.9. The molecule has 1 aliphatic heterocycles. The van der Waals surface area contributed by atoms with Gasteiger partial charge in [0.05, 0.1) is 18.0 Å². The molecule has 1 aliphatic carbocycles. The summed E-state index contributed by atoms with van der Waals surface area (Å²) in [6.45, 7) is 4.55. The van der Waals surface area contributed by atoms with E-state index in [1.54, 1.807) is 12.1 Å². The van der Waals surface area contributed by atoms with Gasteiger partial charge >= 0.3 is 0 Å². The lowest BCUT2D eigenvalue weighted by atomic mass is 9.96. The standard InChI is InChI=1S/C30H35FN4O3/c1-18(29-32-24-13-8-12-23(31)28(24)34-29)15-26(36)25(17-27(37)35-14-7-6-9-19(35)2)33-30(38)22-16-21(22)20-10-4-3-5-11-20/h3-5,8,10-13,18-19,21-22,25H,6-7,9,14-17H2,1-2H3,(H,32,34)(H,33,38)/t18-,19+,21+,22-,25+/m1/s1. The second-order valence-corrected chi connectivity index (χ2v) is 10.9. The average molecular weight is 519 g/mol. The van der Waals surface area contributed by atoms with Crippen LogP contribution in [-0.2, 0) is 14.4 Å².